The molecule has 1 heterocycles. The van der Waals surface area contributed by atoms with E-state index in [2.05, 4.69) is 5.32 Å². The molecule has 0 saturated carbocycles. The van der Waals surface area contributed by atoms with Crippen molar-refractivity contribution in [1.82, 2.24) is 5.32 Å². The number of hydrogen-bond donors (Lipinski definition) is 2. The van der Waals surface area contributed by atoms with Crippen LogP contribution in [-0.4, -0.2) is 5.91 Å². The highest BCUT2D eigenvalue weighted by molar-refractivity contribution is 5.95. The van der Waals surface area contributed by atoms with Gasteiger partial charge in [0.2, 0.25) is 0 Å². The van der Waals surface area contributed by atoms with Gasteiger partial charge in [-0.2, -0.15) is 0 Å². The maximum Gasteiger partial charge on any atom is 0.254 e. The second-order valence-electron chi connectivity index (χ2n) is 5.26. The topological polar surface area (TPSA) is 68.3 Å². The van der Waals surface area contributed by atoms with Crippen molar-refractivity contribution in [3.8, 4) is 0 Å². The van der Waals surface area contributed by atoms with Crippen molar-refractivity contribution in [2.75, 3.05) is 5.73 Å². The van der Waals surface area contributed by atoms with Gasteiger partial charge in [-0.15, -0.1) is 0 Å². The Morgan fingerprint density at radius 3 is 2.52 bits per heavy atom. The third-order valence-corrected chi connectivity index (χ3v) is 3.41. The van der Waals surface area contributed by atoms with Gasteiger partial charge in [0.1, 0.15) is 17.3 Å². The zero-order chi connectivity index (χ0) is 15.7. The second-order valence-corrected chi connectivity index (χ2v) is 5.26. The number of furan rings is 1. The average molecular weight is 290 g/mol. The number of nitrogen functional groups attached to an aromatic ring is 1. The third kappa shape index (κ3) is 3.07. The highest BCUT2D eigenvalue weighted by Crippen LogP contribution is 2.23. The summed E-state index contributed by atoms with van der Waals surface area (Å²) in [6.45, 7) is 7.07. The first-order chi connectivity index (χ1) is 9.79. The van der Waals surface area contributed by atoms with Crippen LogP contribution in [0.3, 0.4) is 0 Å². The summed E-state index contributed by atoms with van der Waals surface area (Å²) < 4.78 is 19.5. The van der Waals surface area contributed by atoms with E-state index >= 15 is 0 Å². The molecule has 2 aromatic rings. The molecule has 112 valence electrons. The van der Waals surface area contributed by atoms with Gasteiger partial charge >= 0.3 is 0 Å². The Kier molecular flexibility index (Phi) is 4.02. The predicted octanol–water partition coefficient (Wildman–Crippen LogP) is 3.42. The molecule has 0 aliphatic rings. The summed E-state index contributed by atoms with van der Waals surface area (Å²) in [4.78, 5) is 12.2. The van der Waals surface area contributed by atoms with E-state index in [-0.39, 0.29) is 11.6 Å². The lowest BCUT2D eigenvalue weighted by atomic mass is 10.1. The Balaban J connectivity index is 2.24. The van der Waals surface area contributed by atoms with Gasteiger partial charge in [-0.05, 0) is 51.5 Å². The van der Waals surface area contributed by atoms with Crippen LogP contribution in [0, 0.1) is 26.6 Å². The Morgan fingerprint density at radius 2 is 1.95 bits per heavy atom. The normalized spacial score (nSPS) is 12.2. The minimum absolute atomic E-state index is 0.0442. The van der Waals surface area contributed by atoms with Gasteiger partial charge in [0, 0.05) is 11.3 Å². The number of hydrogen-bond acceptors (Lipinski definition) is 3. The number of benzene rings is 1. The van der Waals surface area contributed by atoms with Crippen LogP contribution in [0.15, 0.2) is 22.6 Å². The number of nitrogens with two attached hydrogens (primary N) is 1. The van der Waals surface area contributed by atoms with Gasteiger partial charge in [0.15, 0.2) is 0 Å². The van der Waals surface area contributed by atoms with Crippen LogP contribution in [0.25, 0.3) is 0 Å². The zero-order valence-corrected chi connectivity index (χ0v) is 12.6. The molecule has 0 aliphatic carbocycles. The van der Waals surface area contributed by atoms with E-state index in [1.54, 1.807) is 6.92 Å². The smallest absolute Gasteiger partial charge is 0.254 e. The molecule has 1 amide bonds. The maximum atomic E-state index is 14.0. The molecule has 2 rings (SSSR count). The van der Waals surface area contributed by atoms with Gasteiger partial charge in [-0.3, -0.25) is 4.79 Å². The van der Waals surface area contributed by atoms with Gasteiger partial charge in [-0.25, -0.2) is 4.39 Å². The van der Waals surface area contributed by atoms with E-state index in [0.717, 1.165) is 17.1 Å². The lowest BCUT2D eigenvalue weighted by Crippen LogP contribution is -2.28. The van der Waals surface area contributed by atoms with E-state index in [0.29, 0.717) is 11.3 Å². The monoisotopic (exact) mass is 290 g/mol. The van der Waals surface area contributed by atoms with E-state index in [1.807, 2.05) is 26.8 Å². The molecule has 0 fully saturated rings. The molecular weight excluding hydrogens is 271 g/mol. The first-order valence-electron chi connectivity index (χ1n) is 6.73. The molecule has 1 aromatic heterocycles. The molecule has 5 heteroatoms. The highest BCUT2D eigenvalue weighted by atomic mass is 19.1. The van der Waals surface area contributed by atoms with Crippen LogP contribution in [0.1, 0.15) is 46.0 Å². The number of carbonyl (C=O) groups is 1. The van der Waals surface area contributed by atoms with Crippen molar-refractivity contribution in [1.29, 1.82) is 0 Å². The summed E-state index contributed by atoms with van der Waals surface area (Å²) in [6, 6.07) is 4.43. The van der Waals surface area contributed by atoms with Crippen LogP contribution in [0.5, 0.6) is 0 Å². The van der Waals surface area contributed by atoms with Crippen LogP contribution in [0.4, 0.5) is 10.1 Å². The third-order valence-electron chi connectivity index (χ3n) is 3.41. The first-order valence-corrected chi connectivity index (χ1v) is 6.73. The van der Waals surface area contributed by atoms with Crippen molar-refractivity contribution in [3.05, 3.63) is 52.2 Å². The standard InChI is InChI=1S/C16H19FN2O2/c1-8-5-12(18)7-14(15(8)17)16(20)19-10(3)13-6-9(2)21-11(13)4/h5-7,10H,18H2,1-4H3,(H,19,20). The molecule has 1 atom stereocenters. The first kappa shape index (κ1) is 15.1. The van der Waals surface area contributed by atoms with Crippen molar-refractivity contribution >= 4 is 11.6 Å². The highest BCUT2D eigenvalue weighted by Gasteiger charge is 2.19. The fourth-order valence-electron chi connectivity index (χ4n) is 2.40. The fourth-order valence-corrected chi connectivity index (χ4v) is 2.40. The van der Waals surface area contributed by atoms with E-state index in [9.17, 15) is 9.18 Å². The molecule has 4 nitrogen and oxygen atoms in total. The predicted molar refractivity (Wildman–Crippen MR) is 79.6 cm³/mol. The summed E-state index contributed by atoms with van der Waals surface area (Å²) in [5.41, 5.74) is 7.22. The molecular formula is C16H19FN2O2. The lowest BCUT2D eigenvalue weighted by molar-refractivity contribution is 0.0935. The Hall–Kier alpha value is -2.30. The molecule has 3 N–H and O–H groups in total. The number of rotatable bonds is 3. The largest absolute Gasteiger partial charge is 0.466 e. The van der Waals surface area contributed by atoms with E-state index < -0.39 is 11.7 Å². The molecule has 0 bridgehead atoms. The molecule has 1 unspecified atom stereocenters. The molecule has 1 aromatic carbocycles. The van der Waals surface area contributed by atoms with Crippen molar-refractivity contribution in [2.24, 2.45) is 0 Å². The quantitative estimate of drug-likeness (QED) is 0.851. The van der Waals surface area contributed by atoms with Gasteiger partial charge in [0.25, 0.3) is 5.91 Å². The molecule has 0 saturated heterocycles. The SMILES string of the molecule is Cc1cc(C(C)NC(=O)c2cc(N)cc(C)c2F)c(C)o1. The Morgan fingerprint density at radius 1 is 1.29 bits per heavy atom. The summed E-state index contributed by atoms with van der Waals surface area (Å²) >= 11 is 0. The number of amides is 1. The van der Waals surface area contributed by atoms with Crippen LogP contribution < -0.4 is 11.1 Å². The van der Waals surface area contributed by atoms with Crippen LogP contribution >= 0.6 is 0 Å². The number of carbonyl (C=O) groups excluding carboxylic acids is 1. The Bertz CT molecular complexity index is 692. The summed E-state index contributed by atoms with van der Waals surface area (Å²) in [7, 11) is 0. The van der Waals surface area contributed by atoms with Gasteiger partial charge in [-0.1, -0.05) is 0 Å². The molecule has 0 radical (unpaired) electrons. The minimum atomic E-state index is -0.547. The summed E-state index contributed by atoms with van der Waals surface area (Å²) in [5, 5.41) is 2.77. The number of halogens is 1. The van der Waals surface area contributed by atoms with Crippen molar-refractivity contribution in [3.63, 3.8) is 0 Å². The summed E-state index contributed by atoms with van der Waals surface area (Å²) in [5.74, 6) is 0.474. The van der Waals surface area contributed by atoms with Crippen molar-refractivity contribution in [2.45, 2.75) is 33.7 Å². The minimum Gasteiger partial charge on any atom is -0.466 e. The zero-order valence-electron chi connectivity index (χ0n) is 12.6. The van der Waals surface area contributed by atoms with Gasteiger partial charge < -0.3 is 15.5 Å². The van der Waals surface area contributed by atoms with Crippen LogP contribution in [0.2, 0.25) is 0 Å². The van der Waals surface area contributed by atoms with E-state index in [1.165, 1.54) is 12.1 Å². The lowest BCUT2D eigenvalue weighted by Gasteiger charge is -2.14. The molecule has 21 heavy (non-hydrogen) atoms. The number of nitrogens with one attached hydrogen (secondary N) is 1. The number of aryl methyl sites for hydroxylation is 3. The van der Waals surface area contributed by atoms with E-state index in [4.69, 9.17) is 10.2 Å². The summed E-state index contributed by atoms with van der Waals surface area (Å²) in [6.07, 6.45) is 0. The molecule has 0 spiro atoms. The molecule has 0 aliphatic heterocycles. The Labute approximate surface area is 123 Å². The van der Waals surface area contributed by atoms with Crippen molar-refractivity contribution < 1.29 is 13.6 Å². The van der Waals surface area contributed by atoms with Gasteiger partial charge in [0.05, 0.1) is 11.6 Å². The van der Waals surface area contributed by atoms with Crippen LogP contribution in [-0.2, 0) is 0 Å². The second kappa shape index (κ2) is 5.60. The fraction of sp³-hybridized carbons (Fsp3) is 0.312. The average Bonchev–Trinajstić information content (AvgIpc) is 2.72. The maximum absolute atomic E-state index is 14.0. The number of anilines is 1.